The average Bonchev–Trinajstić information content (AvgIpc) is 2.84. The molecular formula is C12H12N4OS. The monoisotopic (exact) mass is 260 g/mol. The number of hydrogen-bond donors (Lipinski definition) is 1. The molecule has 1 aliphatic heterocycles. The first kappa shape index (κ1) is 11.3. The molecule has 0 spiro atoms. The number of hydrogen-bond acceptors (Lipinski definition) is 4. The fourth-order valence-electron chi connectivity index (χ4n) is 1.94. The average molecular weight is 260 g/mol. The highest BCUT2D eigenvalue weighted by Crippen LogP contribution is 2.34. The van der Waals surface area contributed by atoms with Gasteiger partial charge in [0.25, 0.3) is 5.91 Å². The van der Waals surface area contributed by atoms with Crippen LogP contribution in [-0.4, -0.2) is 33.4 Å². The Hall–Kier alpha value is -1.82. The SMILES string of the molecule is Cc1nc(C(=O)N2CCSc3ccccc32)n[nH]1. The van der Waals surface area contributed by atoms with Crippen LogP contribution in [0.5, 0.6) is 0 Å². The number of amides is 1. The first-order valence-electron chi connectivity index (χ1n) is 5.68. The van der Waals surface area contributed by atoms with E-state index >= 15 is 0 Å². The van der Waals surface area contributed by atoms with Crippen LogP contribution in [0, 0.1) is 6.92 Å². The summed E-state index contributed by atoms with van der Waals surface area (Å²) in [5, 5.41) is 6.63. The van der Waals surface area contributed by atoms with Crippen molar-refractivity contribution in [1.29, 1.82) is 0 Å². The van der Waals surface area contributed by atoms with E-state index in [0.717, 1.165) is 16.3 Å². The number of benzene rings is 1. The number of carbonyl (C=O) groups is 1. The van der Waals surface area contributed by atoms with Crippen molar-refractivity contribution in [2.45, 2.75) is 11.8 Å². The molecule has 1 N–H and O–H groups in total. The third-order valence-electron chi connectivity index (χ3n) is 2.76. The van der Waals surface area contributed by atoms with Crippen LogP contribution in [-0.2, 0) is 0 Å². The third-order valence-corrected chi connectivity index (χ3v) is 3.81. The van der Waals surface area contributed by atoms with Crippen LogP contribution in [0.1, 0.15) is 16.4 Å². The molecule has 6 heteroatoms. The minimum Gasteiger partial charge on any atom is -0.304 e. The van der Waals surface area contributed by atoms with E-state index in [1.54, 1.807) is 23.6 Å². The Labute approximate surface area is 109 Å². The zero-order chi connectivity index (χ0) is 12.5. The van der Waals surface area contributed by atoms with Crippen LogP contribution in [0.3, 0.4) is 0 Å². The number of aromatic amines is 1. The van der Waals surface area contributed by atoms with E-state index < -0.39 is 0 Å². The summed E-state index contributed by atoms with van der Waals surface area (Å²) < 4.78 is 0. The Balaban J connectivity index is 1.96. The number of aromatic nitrogens is 3. The van der Waals surface area contributed by atoms with E-state index in [1.165, 1.54) is 0 Å². The normalized spacial score (nSPS) is 14.4. The van der Waals surface area contributed by atoms with E-state index in [4.69, 9.17) is 0 Å². The Morgan fingerprint density at radius 1 is 1.44 bits per heavy atom. The standard InChI is InChI=1S/C12H12N4OS/c1-8-13-11(15-14-8)12(17)16-6-7-18-10-5-3-2-4-9(10)16/h2-5H,6-7H2,1H3,(H,13,14,15). The van der Waals surface area contributed by atoms with Crippen LogP contribution >= 0.6 is 11.8 Å². The van der Waals surface area contributed by atoms with Crippen LogP contribution in [0.25, 0.3) is 0 Å². The second-order valence-corrected chi connectivity index (χ2v) is 5.15. The van der Waals surface area contributed by atoms with Gasteiger partial charge in [0.1, 0.15) is 5.82 Å². The smallest absolute Gasteiger partial charge is 0.297 e. The maximum absolute atomic E-state index is 12.3. The molecule has 1 aromatic carbocycles. The van der Waals surface area contributed by atoms with Gasteiger partial charge in [-0.15, -0.1) is 16.9 Å². The molecule has 18 heavy (non-hydrogen) atoms. The van der Waals surface area contributed by atoms with Crippen LogP contribution in [0.4, 0.5) is 5.69 Å². The molecule has 1 aliphatic rings. The highest BCUT2D eigenvalue weighted by atomic mass is 32.2. The van der Waals surface area contributed by atoms with E-state index in [2.05, 4.69) is 15.2 Å². The van der Waals surface area contributed by atoms with Gasteiger partial charge in [0.05, 0.1) is 5.69 Å². The zero-order valence-corrected chi connectivity index (χ0v) is 10.7. The van der Waals surface area contributed by atoms with Gasteiger partial charge < -0.3 is 4.90 Å². The van der Waals surface area contributed by atoms with E-state index in [1.807, 2.05) is 24.3 Å². The molecule has 2 heterocycles. The summed E-state index contributed by atoms with van der Waals surface area (Å²) in [5.41, 5.74) is 0.946. The summed E-state index contributed by atoms with van der Waals surface area (Å²) in [4.78, 5) is 19.3. The number of nitrogens with zero attached hydrogens (tertiary/aromatic N) is 3. The summed E-state index contributed by atoms with van der Waals surface area (Å²) in [6, 6.07) is 7.91. The lowest BCUT2D eigenvalue weighted by Crippen LogP contribution is -2.36. The number of aryl methyl sites for hydroxylation is 1. The van der Waals surface area contributed by atoms with Crippen molar-refractivity contribution < 1.29 is 4.79 Å². The van der Waals surface area contributed by atoms with Gasteiger partial charge in [-0.2, -0.15) is 0 Å². The lowest BCUT2D eigenvalue weighted by Gasteiger charge is -2.27. The highest BCUT2D eigenvalue weighted by Gasteiger charge is 2.25. The molecule has 0 radical (unpaired) electrons. The second-order valence-electron chi connectivity index (χ2n) is 4.02. The third kappa shape index (κ3) is 1.88. The number of H-pyrrole nitrogens is 1. The quantitative estimate of drug-likeness (QED) is 0.850. The zero-order valence-electron chi connectivity index (χ0n) is 9.88. The van der Waals surface area contributed by atoms with Crippen molar-refractivity contribution in [1.82, 2.24) is 15.2 Å². The lowest BCUT2D eigenvalue weighted by molar-refractivity contribution is 0.0978. The summed E-state index contributed by atoms with van der Waals surface area (Å²) in [5.74, 6) is 1.63. The van der Waals surface area contributed by atoms with E-state index in [-0.39, 0.29) is 11.7 Å². The molecule has 0 unspecified atom stereocenters. The number of fused-ring (bicyclic) bond motifs is 1. The van der Waals surface area contributed by atoms with Crippen LogP contribution in [0.15, 0.2) is 29.2 Å². The maximum Gasteiger partial charge on any atom is 0.297 e. The minimum absolute atomic E-state index is 0.146. The molecular weight excluding hydrogens is 248 g/mol. The van der Waals surface area contributed by atoms with Crippen molar-refractivity contribution in [3.8, 4) is 0 Å². The summed E-state index contributed by atoms with van der Waals surface area (Å²) in [6.45, 7) is 2.47. The van der Waals surface area contributed by atoms with Gasteiger partial charge in [-0.1, -0.05) is 12.1 Å². The molecule has 1 amide bonds. The van der Waals surface area contributed by atoms with Crippen LogP contribution in [0.2, 0.25) is 0 Å². The number of carbonyl (C=O) groups excluding carboxylic acids is 1. The maximum atomic E-state index is 12.3. The Bertz CT molecular complexity index is 595. The summed E-state index contributed by atoms with van der Waals surface area (Å²) >= 11 is 1.77. The molecule has 0 saturated heterocycles. The summed E-state index contributed by atoms with van der Waals surface area (Å²) in [6.07, 6.45) is 0. The number of anilines is 1. The van der Waals surface area contributed by atoms with Crippen molar-refractivity contribution in [3.05, 3.63) is 35.9 Å². The molecule has 2 aromatic rings. The molecule has 0 saturated carbocycles. The van der Waals surface area contributed by atoms with Gasteiger partial charge in [0.15, 0.2) is 0 Å². The first-order chi connectivity index (χ1) is 8.75. The Kier molecular flexibility index (Phi) is 2.79. The van der Waals surface area contributed by atoms with Crippen molar-refractivity contribution in [3.63, 3.8) is 0 Å². The van der Waals surface area contributed by atoms with Gasteiger partial charge in [-0.3, -0.25) is 9.89 Å². The molecule has 0 bridgehead atoms. The summed E-state index contributed by atoms with van der Waals surface area (Å²) in [7, 11) is 0. The molecule has 0 atom stereocenters. The number of para-hydroxylation sites is 1. The predicted molar refractivity (Wildman–Crippen MR) is 70.0 cm³/mol. The molecule has 3 rings (SSSR count). The highest BCUT2D eigenvalue weighted by molar-refractivity contribution is 7.99. The lowest BCUT2D eigenvalue weighted by atomic mass is 10.2. The van der Waals surface area contributed by atoms with Crippen molar-refractivity contribution >= 4 is 23.4 Å². The van der Waals surface area contributed by atoms with E-state index in [9.17, 15) is 4.79 Å². The van der Waals surface area contributed by atoms with E-state index in [0.29, 0.717) is 12.4 Å². The number of nitrogens with one attached hydrogen (secondary N) is 1. The van der Waals surface area contributed by atoms with Gasteiger partial charge in [0, 0.05) is 17.2 Å². The van der Waals surface area contributed by atoms with Crippen molar-refractivity contribution in [2.75, 3.05) is 17.2 Å². The first-order valence-corrected chi connectivity index (χ1v) is 6.67. The predicted octanol–water partition coefficient (Wildman–Crippen LogP) is 1.87. The molecule has 0 aliphatic carbocycles. The van der Waals surface area contributed by atoms with Gasteiger partial charge in [-0.05, 0) is 19.1 Å². The Morgan fingerprint density at radius 3 is 3.06 bits per heavy atom. The fraction of sp³-hybridized carbons (Fsp3) is 0.250. The minimum atomic E-state index is -0.146. The Morgan fingerprint density at radius 2 is 2.28 bits per heavy atom. The number of rotatable bonds is 1. The van der Waals surface area contributed by atoms with Gasteiger partial charge in [0.2, 0.25) is 5.82 Å². The second kappa shape index (κ2) is 4.45. The topological polar surface area (TPSA) is 61.9 Å². The van der Waals surface area contributed by atoms with Gasteiger partial charge in [-0.25, -0.2) is 4.98 Å². The molecule has 5 nitrogen and oxygen atoms in total. The van der Waals surface area contributed by atoms with Crippen LogP contribution < -0.4 is 4.90 Å². The molecule has 92 valence electrons. The fourth-order valence-corrected chi connectivity index (χ4v) is 2.93. The van der Waals surface area contributed by atoms with Gasteiger partial charge >= 0.3 is 0 Å². The largest absolute Gasteiger partial charge is 0.304 e. The molecule has 0 fully saturated rings. The molecule has 1 aromatic heterocycles. The van der Waals surface area contributed by atoms with Crippen molar-refractivity contribution in [2.24, 2.45) is 0 Å². The number of thioether (sulfide) groups is 1.